The Balaban J connectivity index is 1.05. The predicted molar refractivity (Wildman–Crippen MR) is 181 cm³/mol. The Kier molecular flexibility index (Phi) is 7.97. The van der Waals surface area contributed by atoms with Crippen LogP contribution < -0.4 is 25.0 Å². The smallest absolute Gasteiger partial charge is 0.416 e. The maximum absolute atomic E-state index is 14.0. The number of anilines is 2. The molecule has 2 saturated carbocycles. The van der Waals surface area contributed by atoms with Crippen LogP contribution in [-0.4, -0.2) is 43.0 Å². The van der Waals surface area contributed by atoms with E-state index in [1.165, 1.54) is 48.2 Å². The molecule has 7 atom stereocenters. The van der Waals surface area contributed by atoms with Gasteiger partial charge in [0.15, 0.2) is 6.61 Å². The van der Waals surface area contributed by atoms with Gasteiger partial charge in [0.1, 0.15) is 5.75 Å². The Bertz CT molecular complexity index is 2270. The third-order valence-corrected chi connectivity index (χ3v) is 13.7. The van der Waals surface area contributed by atoms with Crippen molar-refractivity contribution in [2.24, 2.45) is 34.7 Å². The van der Waals surface area contributed by atoms with E-state index in [4.69, 9.17) is 9.88 Å². The number of ether oxygens (including phenoxy) is 1. The van der Waals surface area contributed by atoms with Gasteiger partial charge in [-0.15, -0.1) is 11.8 Å². The lowest BCUT2D eigenvalue weighted by Gasteiger charge is -2.43. The van der Waals surface area contributed by atoms with Gasteiger partial charge in [0, 0.05) is 21.7 Å². The molecule has 8 rings (SSSR count). The van der Waals surface area contributed by atoms with E-state index in [0.717, 1.165) is 38.8 Å². The molecule has 51 heavy (non-hydrogen) atoms. The standard InChI is InChI=1S/C34H27F3N4O7S3/c35-34(36,37)16-4-2-5-18(12-16)41-31(43)26-21-13-22(27(26)32(41)44)28-25(21)24(29-30(49-28)40-33(45)50-29)15-3-1-6-19(11-15)48-14-23(42)39-17-7-9-20(10-8-17)51(38,46)47/h1-12,21-22,24-28H,13-14H2,(H,39,42)(H,40,45)(H2,38,46,47)/t21-,22-,24-,25?,26?,27?,28?/m1/s1. The highest BCUT2D eigenvalue weighted by molar-refractivity contribution is 8.00. The number of nitrogens with one attached hydrogen (secondary N) is 2. The zero-order valence-corrected chi connectivity index (χ0v) is 28.6. The highest BCUT2D eigenvalue weighted by Gasteiger charge is 2.69. The molecular weight excluding hydrogens is 730 g/mol. The zero-order valence-electron chi connectivity index (χ0n) is 26.1. The fraction of sp³-hybridized carbons (Fsp3) is 0.294. The summed E-state index contributed by atoms with van der Waals surface area (Å²) in [5.74, 6) is -3.54. The number of benzene rings is 3. The predicted octanol–water partition coefficient (Wildman–Crippen LogP) is 4.80. The van der Waals surface area contributed by atoms with Crippen molar-refractivity contribution in [3.05, 3.63) is 98.5 Å². The lowest BCUT2D eigenvalue weighted by Crippen LogP contribution is -2.42. The van der Waals surface area contributed by atoms with Crippen molar-refractivity contribution >= 4 is 62.2 Å². The molecule has 0 spiro atoms. The Labute approximate surface area is 296 Å². The highest BCUT2D eigenvalue weighted by Crippen LogP contribution is 2.68. The first-order valence-electron chi connectivity index (χ1n) is 15.8. The van der Waals surface area contributed by atoms with Crippen LogP contribution in [0.5, 0.6) is 5.75 Å². The molecule has 3 fully saturated rings. The number of rotatable bonds is 7. The molecule has 11 nitrogen and oxygen atoms in total. The summed E-state index contributed by atoms with van der Waals surface area (Å²) in [6.45, 7) is -0.369. The second-order valence-electron chi connectivity index (χ2n) is 13.0. The number of carbonyl (C=O) groups excluding carboxylic acids is 3. The van der Waals surface area contributed by atoms with Crippen molar-refractivity contribution < 1.29 is 40.7 Å². The maximum Gasteiger partial charge on any atom is 0.416 e. The summed E-state index contributed by atoms with van der Waals surface area (Å²) in [5.41, 5.74) is 0.0794. The first-order chi connectivity index (χ1) is 24.2. The quantitative estimate of drug-likeness (QED) is 0.226. The molecule has 3 heterocycles. The molecule has 0 radical (unpaired) electrons. The number of imide groups is 1. The Hall–Kier alpha value is -4.45. The number of H-pyrrole nitrogens is 1. The molecule has 4 unspecified atom stereocenters. The molecular formula is C34H27F3N4O7S3. The minimum atomic E-state index is -4.64. The number of amides is 3. The number of aromatic amines is 1. The summed E-state index contributed by atoms with van der Waals surface area (Å²) in [7, 11) is -3.89. The number of nitrogens with two attached hydrogens (primary N) is 1. The number of thioether (sulfide) groups is 1. The molecule has 3 amide bonds. The number of halogens is 3. The van der Waals surface area contributed by atoms with E-state index in [0.29, 0.717) is 22.9 Å². The summed E-state index contributed by atoms with van der Waals surface area (Å²) in [6.07, 6.45) is -4.05. The number of thiazole rings is 1. The number of primary sulfonamides is 1. The van der Waals surface area contributed by atoms with Gasteiger partial charge in [0.2, 0.25) is 21.8 Å². The second kappa shape index (κ2) is 12.1. The van der Waals surface area contributed by atoms with E-state index >= 15 is 0 Å². The summed E-state index contributed by atoms with van der Waals surface area (Å²) >= 11 is 2.56. The normalized spacial score (nSPS) is 26.5. The van der Waals surface area contributed by atoms with E-state index in [-0.39, 0.29) is 51.0 Å². The van der Waals surface area contributed by atoms with Gasteiger partial charge < -0.3 is 15.0 Å². The average Bonchev–Trinajstić information content (AvgIpc) is 3.82. The van der Waals surface area contributed by atoms with Gasteiger partial charge in [0.25, 0.3) is 5.91 Å². The van der Waals surface area contributed by atoms with Crippen LogP contribution in [0.15, 0.2) is 87.5 Å². The molecule has 1 saturated heterocycles. The third kappa shape index (κ3) is 5.75. The Morgan fingerprint density at radius 2 is 1.69 bits per heavy atom. The number of alkyl halides is 3. The summed E-state index contributed by atoms with van der Waals surface area (Å²) < 4.78 is 69.4. The van der Waals surface area contributed by atoms with Crippen LogP contribution in [0.1, 0.15) is 28.3 Å². The molecule has 1 aromatic heterocycles. The van der Waals surface area contributed by atoms with Crippen molar-refractivity contribution in [3.63, 3.8) is 0 Å². The Morgan fingerprint density at radius 3 is 2.39 bits per heavy atom. The Morgan fingerprint density at radius 1 is 0.980 bits per heavy atom. The van der Waals surface area contributed by atoms with E-state index in [9.17, 15) is 40.8 Å². The highest BCUT2D eigenvalue weighted by atomic mass is 32.2. The van der Waals surface area contributed by atoms with Crippen LogP contribution >= 0.6 is 23.1 Å². The number of aromatic nitrogens is 1. The van der Waals surface area contributed by atoms with E-state index in [1.54, 1.807) is 18.2 Å². The zero-order chi connectivity index (χ0) is 36.0. The van der Waals surface area contributed by atoms with Crippen molar-refractivity contribution in [2.45, 2.75) is 33.7 Å². The third-order valence-electron chi connectivity index (χ3n) is 10.2. The second-order valence-corrected chi connectivity index (χ2v) is 16.8. The van der Waals surface area contributed by atoms with Crippen LogP contribution in [0, 0.1) is 29.6 Å². The molecule has 4 aromatic rings. The first kappa shape index (κ1) is 33.7. The minimum absolute atomic E-state index is 0.0985. The number of carbonyl (C=O) groups is 3. The van der Waals surface area contributed by atoms with Crippen LogP contribution in [0.25, 0.3) is 0 Å². The first-order valence-corrected chi connectivity index (χ1v) is 19.0. The lowest BCUT2D eigenvalue weighted by molar-refractivity contribution is -0.137. The maximum atomic E-state index is 14.0. The molecule has 2 bridgehead atoms. The van der Waals surface area contributed by atoms with Crippen molar-refractivity contribution in [2.75, 3.05) is 16.8 Å². The van der Waals surface area contributed by atoms with Crippen molar-refractivity contribution in [1.82, 2.24) is 4.98 Å². The van der Waals surface area contributed by atoms with Gasteiger partial charge in [-0.1, -0.05) is 29.5 Å². The number of hydrogen-bond donors (Lipinski definition) is 3. The van der Waals surface area contributed by atoms with Crippen LogP contribution in [0.2, 0.25) is 0 Å². The van der Waals surface area contributed by atoms with Gasteiger partial charge in [-0.2, -0.15) is 13.2 Å². The molecule has 2 aliphatic heterocycles. The van der Waals surface area contributed by atoms with Gasteiger partial charge >= 0.3 is 11.0 Å². The summed E-state index contributed by atoms with van der Waals surface area (Å²) in [6, 6.07) is 16.7. The molecule has 4 N–H and O–H groups in total. The molecule has 264 valence electrons. The fourth-order valence-corrected chi connectivity index (χ4v) is 11.7. The van der Waals surface area contributed by atoms with E-state index in [2.05, 4.69) is 10.3 Å². The summed E-state index contributed by atoms with van der Waals surface area (Å²) in [4.78, 5) is 57.4. The van der Waals surface area contributed by atoms with Crippen LogP contribution in [0.4, 0.5) is 24.5 Å². The van der Waals surface area contributed by atoms with Crippen LogP contribution in [0.3, 0.4) is 0 Å². The monoisotopic (exact) mass is 756 g/mol. The molecule has 3 aromatic carbocycles. The number of nitrogens with zero attached hydrogens (tertiary/aromatic N) is 1. The van der Waals surface area contributed by atoms with Crippen molar-refractivity contribution in [3.8, 4) is 5.75 Å². The SMILES string of the molecule is NS(=O)(=O)c1ccc(NC(=O)COc2cccc([C@H]3c4sc(=O)[nH]c4SC4C3[C@H]3C[C@@H]4C4C(=O)N(c5cccc(C(F)(F)F)c5)C(=O)C43)c2)cc1. The minimum Gasteiger partial charge on any atom is -0.484 e. The fourth-order valence-electron chi connectivity index (χ4n) is 8.34. The van der Waals surface area contributed by atoms with Crippen molar-refractivity contribution in [1.29, 1.82) is 0 Å². The topological polar surface area (TPSA) is 169 Å². The molecule has 17 heteroatoms. The number of sulfonamides is 1. The average molecular weight is 757 g/mol. The van der Waals surface area contributed by atoms with E-state index in [1.807, 2.05) is 6.07 Å². The molecule has 2 aliphatic carbocycles. The van der Waals surface area contributed by atoms with Gasteiger partial charge in [-0.05, 0) is 84.3 Å². The van der Waals surface area contributed by atoms with Crippen LogP contribution in [-0.2, 0) is 30.6 Å². The number of fused-ring (bicyclic) bond motifs is 9. The lowest BCUT2D eigenvalue weighted by atomic mass is 9.68. The van der Waals surface area contributed by atoms with Gasteiger partial charge in [-0.25, -0.2) is 13.6 Å². The largest absolute Gasteiger partial charge is 0.484 e. The van der Waals surface area contributed by atoms with Gasteiger partial charge in [-0.3, -0.25) is 24.1 Å². The molecule has 4 aliphatic rings. The van der Waals surface area contributed by atoms with E-state index < -0.39 is 51.3 Å². The number of hydrogen-bond acceptors (Lipinski definition) is 9. The summed E-state index contributed by atoms with van der Waals surface area (Å²) in [5, 5.41) is 8.29. The van der Waals surface area contributed by atoms with Gasteiger partial charge in [0.05, 0.1) is 33.0 Å².